The highest BCUT2D eigenvalue weighted by Gasteiger charge is 2.20. The molecule has 0 aliphatic heterocycles. The van der Waals surface area contributed by atoms with Gasteiger partial charge >= 0.3 is 0 Å². The largest absolute Gasteiger partial charge is 0.281 e. The van der Waals surface area contributed by atoms with E-state index in [1.807, 2.05) is 0 Å². The monoisotopic (exact) mass is 348 g/mol. The van der Waals surface area contributed by atoms with E-state index in [-0.39, 0.29) is 3.57 Å². The first kappa shape index (κ1) is 12.7. The molecule has 0 atom stereocenters. The van der Waals surface area contributed by atoms with Crippen molar-refractivity contribution >= 4 is 32.6 Å². The third-order valence-corrected chi connectivity index (χ3v) is 3.84. The molecule has 1 rings (SSSR count). The molecule has 84 valence electrons. The van der Waals surface area contributed by atoms with Crippen molar-refractivity contribution < 1.29 is 17.2 Å². The maximum absolute atomic E-state index is 12.5. The Bertz CT molecular complexity index is 490. The summed E-state index contributed by atoms with van der Waals surface area (Å²) in [6.45, 7) is 1.52. The van der Waals surface area contributed by atoms with Crippen molar-refractivity contribution in [3.63, 3.8) is 0 Å². The van der Waals surface area contributed by atoms with E-state index >= 15 is 0 Å². The Hall–Kier alpha value is -0.350. The summed E-state index contributed by atoms with van der Waals surface area (Å²) in [7, 11) is -4.05. The summed E-state index contributed by atoms with van der Waals surface area (Å²) >= 11 is 1.69. The number of rotatable bonds is 2. The summed E-state index contributed by atoms with van der Waals surface area (Å²) in [5.74, 6) is 0. The van der Waals surface area contributed by atoms with Crippen LogP contribution in [0.1, 0.15) is 17.7 Å². The van der Waals surface area contributed by atoms with Gasteiger partial charge in [0.1, 0.15) is 5.69 Å². The summed E-state index contributed by atoms with van der Waals surface area (Å²) in [5.41, 5.74) is -0.149. The van der Waals surface area contributed by atoms with E-state index < -0.39 is 27.2 Å². The fraction of sp³-hybridized carbons (Fsp3) is 0.286. The Balaban J connectivity index is 3.50. The fourth-order valence-corrected chi connectivity index (χ4v) is 2.02. The molecule has 0 saturated heterocycles. The minimum absolute atomic E-state index is 0.245. The zero-order chi connectivity index (χ0) is 11.8. The zero-order valence-electron chi connectivity index (χ0n) is 7.54. The molecule has 0 aliphatic carbocycles. The molecule has 1 heterocycles. The van der Waals surface area contributed by atoms with Gasteiger partial charge in [0, 0.05) is 3.57 Å². The topological polar surface area (TPSA) is 73.1 Å². The highest BCUT2D eigenvalue weighted by Crippen LogP contribution is 2.26. The minimum atomic E-state index is -4.05. The van der Waals surface area contributed by atoms with Gasteiger partial charge in [-0.1, -0.05) is 0 Å². The average molecular weight is 348 g/mol. The van der Waals surface area contributed by atoms with Crippen LogP contribution in [0, 0.1) is 10.5 Å². The van der Waals surface area contributed by atoms with Crippen LogP contribution in [-0.4, -0.2) is 13.4 Å². The van der Waals surface area contributed by atoms with Crippen molar-refractivity contribution in [2.45, 2.75) is 18.4 Å². The number of aryl methyl sites for hydroxylation is 1. The van der Waals surface area contributed by atoms with Crippen LogP contribution in [0.5, 0.6) is 0 Å². The van der Waals surface area contributed by atoms with E-state index in [9.17, 15) is 17.2 Å². The first-order valence-corrected chi connectivity index (χ1v) is 6.34. The van der Waals surface area contributed by atoms with Crippen molar-refractivity contribution in [1.29, 1.82) is 0 Å². The summed E-state index contributed by atoms with van der Waals surface area (Å²) in [6, 6.07) is 1.17. The van der Waals surface area contributed by atoms with Crippen LogP contribution in [-0.2, 0) is 10.0 Å². The Labute approximate surface area is 99.1 Å². The van der Waals surface area contributed by atoms with Gasteiger partial charge in [-0.2, -0.15) is 0 Å². The highest BCUT2D eigenvalue weighted by atomic mass is 127. The van der Waals surface area contributed by atoms with Crippen LogP contribution < -0.4 is 5.14 Å². The number of halogens is 3. The van der Waals surface area contributed by atoms with Crippen LogP contribution in [0.2, 0.25) is 0 Å². The number of nitrogens with zero attached hydrogens (tertiary/aromatic N) is 1. The van der Waals surface area contributed by atoms with Crippen LogP contribution in [0.4, 0.5) is 8.78 Å². The molecule has 1 aromatic rings. The van der Waals surface area contributed by atoms with Crippen LogP contribution in [0.3, 0.4) is 0 Å². The standard InChI is InChI=1S/C7H7F2IN2O2S/c1-3-2-4(15(11,13)14)12-6(5(3)10)7(8)9/h2,7H,1H3,(H2,11,13,14). The van der Waals surface area contributed by atoms with Gasteiger partial charge in [0.2, 0.25) is 0 Å². The molecule has 0 spiro atoms. The quantitative estimate of drug-likeness (QED) is 0.825. The molecule has 0 amide bonds. The van der Waals surface area contributed by atoms with Gasteiger partial charge in [0.05, 0.1) is 0 Å². The van der Waals surface area contributed by atoms with Crippen LogP contribution in [0.25, 0.3) is 0 Å². The number of sulfonamides is 1. The molecule has 0 radical (unpaired) electrons. The Morgan fingerprint density at radius 3 is 2.47 bits per heavy atom. The lowest BCUT2D eigenvalue weighted by molar-refractivity contribution is 0.144. The van der Waals surface area contributed by atoms with Crippen molar-refractivity contribution in [1.82, 2.24) is 4.98 Å². The molecule has 0 aliphatic rings. The van der Waals surface area contributed by atoms with Crippen LogP contribution >= 0.6 is 22.6 Å². The second kappa shape index (κ2) is 4.26. The van der Waals surface area contributed by atoms with E-state index in [1.54, 1.807) is 22.6 Å². The Morgan fingerprint density at radius 2 is 2.07 bits per heavy atom. The minimum Gasteiger partial charge on any atom is -0.233 e. The molecular weight excluding hydrogens is 341 g/mol. The van der Waals surface area contributed by atoms with Gasteiger partial charge in [-0.3, -0.25) is 0 Å². The first-order valence-electron chi connectivity index (χ1n) is 3.71. The predicted molar refractivity (Wildman–Crippen MR) is 58.0 cm³/mol. The summed E-state index contributed by atoms with van der Waals surface area (Å²) in [4.78, 5) is 3.33. The molecule has 0 bridgehead atoms. The van der Waals surface area contributed by atoms with Gasteiger partial charge in [0.15, 0.2) is 5.03 Å². The summed E-state index contributed by atoms with van der Waals surface area (Å²) in [5, 5.41) is 4.28. The highest BCUT2D eigenvalue weighted by molar-refractivity contribution is 14.1. The maximum atomic E-state index is 12.5. The van der Waals surface area contributed by atoms with E-state index in [1.165, 1.54) is 13.0 Å². The molecule has 0 fully saturated rings. The van der Waals surface area contributed by atoms with Gasteiger partial charge < -0.3 is 0 Å². The van der Waals surface area contributed by atoms with Crippen molar-refractivity contribution in [2.75, 3.05) is 0 Å². The van der Waals surface area contributed by atoms with Crippen molar-refractivity contribution in [2.24, 2.45) is 5.14 Å². The van der Waals surface area contributed by atoms with Gasteiger partial charge in [-0.25, -0.2) is 27.3 Å². The van der Waals surface area contributed by atoms with Crippen molar-refractivity contribution in [3.8, 4) is 0 Å². The van der Waals surface area contributed by atoms with Gasteiger partial charge in [0.25, 0.3) is 16.4 Å². The Kier molecular flexibility index (Phi) is 3.61. The molecule has 2 N–H and O–H groups in total. The number of pyridine rings is 1. The molecule has 8 heteroatoms. The third-order valence-electron chi connectivity index (χ3n) is 1.64. The Morgan fingerprint density at radius 1 is 1.53 bits per heavy atom. The third kappa shape index (κ3) is 2.82. The van der Waals surface area contributed by atoms with Gasteiger partial charge in [-0.15, -0.1) is 0 Å². The first-order chi connectivity index (χ1) is 6.73. The second-order valence-electron chi connectivity index (χ2n) is 2.82. The van der Waals surface area contributed by atoms with E-state index in [2.05, 4.69) is 4.98 Å². The lowest BCUT2D eigenvalue weighted by Gasteiger charge is -2.07. The lowest BCUT2D eigenvalue weighted by Crippen LogP contribution is -2.16. The number of hydrogen-bond acceptors (Lipinski definition) is 3. The zero-order valence-corrected chi connectivity index (χ0v) is 10.5. The number of aromatic nitrogens is 1. The molecule has 0 aromatic carbocycles. The number of hydrogen-bond donors (Lipinski definition) is 1. The van der Waals surface area contributed by atoms with Crippen molar-refractivity contribution in [3.05, 3.63) is 20.9 Å². The SMILES string of the molecule is Cc1cc(S(N)(=O)=O)nc(C(F)F)c1I. The number of primary sulfonamides is 1. The molecular formula is C7H7F2IN2O2S. The fourth-order valence-electron chi connectivity index (χ4n) is 0.941. The molecule has 0 unspecified atom stereocenters. The molecule has 1 aromatic heterocycles. The molecule has 15 heavy (non-hydrogen) atoms. The second-order valence-corrected chi connectivity index (χ2v) is 5.41. The average Bonchev–Trinajstić information content (AvgIpc) is 2.06. The predicted octanol–water partition coefficient (Wildman–Crippen LogP) is 1.58. The normalized spacial score (nSPS) is 12.1. The number of alkyl halides is 2. The van der Waals surface area contributed by atoms with E-state index in [4.69, 9.17) is 5.14 Å². The van der Waals surface area contributed by atoms with Crippen LogP contribution in [0.15, 0.2) is 11.1 Å². The summed E-state index contributed by atoms with van der Waals surface area (Å²) < 4.78 is 47.1. The number of nitrogens with two attached hydrogens (primary N) is 1. The smallest absolute Gasteiger partial charge is 0.233 e. The van der Waals surface area contributed by atoms with E-state index in [0.29, 0.717) is 5.56 Å². The molecule has 4 nitrogen and oxygen atoms in total. The lowest BCUT2D eigenvalue weighted by atomic mass is 10.2. The maximum Gasteiger partial charge on any atom is 0.281 e. The summed E-state index contributed by atoms with van der Waals surface area (Å²) in [6.07, 6.45) is -2.82. The molecule has 0 saturated carbocycles. The van der Waals surface area contributed by atoms with Gasteiger partial charge in [-0.05, 0) is 41.1 Å². The van der Waals surface area contributed by atoms with E-state index in [0.717, 1.165) is 0 Å².